The topological polar surface area (TPSA) is 112 Å². The van der Waals surface area contributed by atoms with Crippen LogP contribution in [0.1, 0.15) is 40.0 Å². The highest BCUT2D eigenvalue weighted by molar-refractivity contribution is 5.99. The van der Waals surface area contributed by atoms with Crippen molar-refractivity contribution in [1.29, 1.82) is 0 Å². The van der Waals surface area contributed by atoms with E-state index in [1.165, 1.54) is 4.90 Å². The van der Waals surface area contributed by atoms with Crippen LogP contribution in [0.25, 0.3) is 22.5 Å². The summed E-state index contributed by atoms with van der Waals surface area (Å²) in [7, 11) is 0. The summed E-state index contributed by atoms with van der Waals surface area (Å²) in [5, 5.41) is 23.9. The van der Waals surface area contributed by atoms with Crippen LogP contribution in [-0.2, 0) is 9.59 Å². The summed E-state index contributed by atoms with van der Waals surface area (Å²) < 4.78 is 0. The SMILES string of the molecule is CCCCC(=O)N(c1ccc(-c2ccccc2-c2nnn[nH]2)cc1)[C@H](C(=O)O)C(C)C. The van der Waals surface area contributed by atoms with E-state index in [1.54, 1.807) is 12.1 Å². The number of amides is 1. The lowest BCUT2D eigenvalue weighted by Crippen LogP contribution is -2.48. The van der Waals surface area contributed by atoms with Crippen molar-refractivity contribution in [3.63, 3.8) is 0 Å². The van der Waals surface area contributed by atoms with Crippen molar-refractivity contribution >= 4 is 17.6 Å². The molecule has 1 atom stereocenters. The van der Waals surface area contributed by atoms with Crippen LogP contribution in [0, 0.1) is 5.92 Å². The number of benzene rings is 2. The minimum atomic E-state index is -1.01. The van der Waals surface area contributed by atoms with Gasteiger partial charge in [-0.2, -0.15) is 0 Å². The zero-order valence-corrected chi connectivity index (χ0v) is 17.9. The van der Waals surface area contributed by atoms with Crippen molar-refractivity contribution in [3.05, 3.63) is 48.5 Å². The fraction of sp³-hybridized carbons (Fsp3) is 0.348. The van der Waals surface area contributed by atoms with Crippen LogP contribution in [0.4, 0.5) is 5.69 Å². The van der Waals surface area contributed by atoms with E-state index in [1.807, 2.05) is 57.2 Å². The van der Waals surface area contributed by atoms with Gasteiger partial charge < -0.3 is 5.11 Å². The number of aromatic nitrogens is 4. The molecule has 1 amide bonds. The summed E-state index contributed by atoms with van der Waals surface area (Å²) in [4.78, 5) is 26.4. The largest absolute Gasteiger partial charge is 0.480 e. The molecule has 8 nitrogen and oxygen atoms in total. The number of rotatable bonds is 9. The van der Waals surface area contributed by atoms with Crippen LogP contribution in [0.2, 0.25) is 0 Å². The van der Waals surface area contributed by atoms with Crippen LogP contribution in [0.15, 0.2) is 48.5 Å². The van der Waals surface area contributed by atoms with E-state index < -0.39 is 12.0 Å². The van der Waals surface area contributed by atoms with Gasteiger partial charge in [0.15, 0.2) is 5.82 Å². The molecule has 2 N–H and O–H groups in total. The maximum absolute atomic E-state index is 13.0. The number of tetrazole rings is 1. The average Bonchev–Trinajstić information content (AvgIpc) is 3.30. The molecule has 0 unspecified atom stereocenters. The predicted octanol–water partition coefficient (Wildman–Crippen LogP) is 4.17. The Balaban J connectivity index is 1.99. The van der Waals surface area contributed by atoms with Crippen molar-refractivity contribution in [2.24, 2.45) is 5.92 Å². The number of carbonyl (C=O) groups excluding carboxylic acids is 1. The number of carboxylic acids is 1. The van der Waals surface area contributed by atoms with E-state index >= 15 is 0 Å². The van der Waals surface area contributed by atoms with Crippen LogP contribution in [0.3, 0.4) is 0 Å². The second-order valence-corrected chi connectivity index (χ2v) is 7.74. The molecule has 1 aromatic heterocycles. The number of aromatic amines is 1. The Morgan fingerprint density at radius 3 is 2.29 bits per heavy atom. The minimum Gasteiger partial charge on any atom is -0.480 e. The molecule has 0 saturated heterocycles. The summed E-state index contributed by atoms with van der Waals surface area (Å²) in [5.74, 6) is -0.861. The molecule has 0 aliphatic heterocycles. The van der Waals surface area contributed by atoms with Crippen LogP contribution in [0.5, 0.6) is 0 Å². The molecule has 0 radical (unpaired) electrons. The first-order valence-electron chi connectivity index (χ1n) is 10.4. The Morgan fingerprint density at radius 1 is 1.06 bits per heavy atom. The van der Waals surface area contributed by atoms with Crippen molar-refractivity contribution in [3.8, 4) is 22.5 Å². The standard InChI is InChI=1S/C23H27N5O3/c1-4-5-10-20(29)28(21(15(2)3)23(30)31)17-13-11-16(12-14-17)18-8-6-7-9-19(18)22-24-26-27-25-22/h6-9,11-15,21H,4-5,10H2,1-3H3,(H,30,31)(H,24,25,26,27)/t21-/m0/s1. The molecular weight excluding hydrogens is 394 g/mol. The molecular formula is C23H27N5O3. The third-order valence-corrected chi connectivity index (χ3v) is 5.16. The van der Waals surface area contributed by atoms with Crippen molar-refractivity contribution in [2.75, 3.05) is 4.90 Å². The van der Waals surface area contributed by atoms with Crippen molar-refractivity contribution in [1.82, 2.24) is 20.6 Å². The average molecular weight is 422 g/mol. The van der Waals surface area contributed by atoms with Crippen molar-refractivity contribution in [2.45, 2.75) is 46.1 Å². The van der Waals surface area contributed by atoms with Gasteiger partial charge in [0, 0.05) is 17.7 Å². The van der Waals surface area contributed by atoms with Crippen LogP contribution < -0.4 is 4.90 Å². The fourth-order valence-electron chi connectivity index (χ4n) is 3.62. The lowest BCUT2D eigenvalue weighted by atomic mass is 9.97. The van der Waals surface area contributed by atoms with Crippen molar-refractivity contribution < 1.29 is 14.7 Å². The number of aliphatic carboxylic acids is 1. The lowest BCUT2D eigenvalue weighted by Gasteiger charge is -2.32. The van der Waals surface area contributed by atoms with E-state index in [2.05, 4.69) is 20.6 Å². The summed E-state index contributed by atoms with van der Waals surface area (Å²) in [6, 6.07) is 14.2. The highest BCUT2D eigenvalue weighted by Crippen LogP contribution is 2.32. The number of hydrogen-bond donors (Lipinski definition) is 2. The molecule has 8 heteroatoms. The van der Waals surface area contributed by atoms with E-state index in [-0.39, 0.29) is 11.8 Å². The van der Waals surface area contributed by atoms with Crippen LogP contribution >= 0.6 is 0 Å². The number of H-pyrrole nitrogens is 1. The predicted molar refractivity (Wildman–Crippen MR) is 118 cm³/mol. The number of nitrogens with zero attached hydrogens (tertiary/aromatic N) is 4. The smallest absolute Gasteiger partial charge is 0.327 e. The first-order valence-corrected chi connectivity index (χ1v) is 10.4. The van der Waals surface area contributed by atoms with E-state index in [4.69, 9.17) is 0 Å². The van der Waals surface area contributed by atoms with Gasteiger partial charge in [-0.1, -0.05) is 63.6 Å². The third-order valence-electron chi connectivity index (χ3n) is 5.16. The summed E-state index contributed by atoms with van der Waals surface area (Å²) >= 11 is 0. The Hall–Kier alpha value is -3.55. The number of unbranched alkanes of at least 4 members (excludes halogenated alkanes) is 1. The Labute approximate surface area is 181 Å². The zero-order chi connectivity index (χ0) is 22.4. The van der Waals surface area contributed by atoms with E-state index in [9.17, 15) is 14.7 Å². The minimum absolute atomic E-state index is 0.177. The monoisotopic (exact) mass is 421 g/mol. The first kappa shape index (κ1) is 22.1. The molecule has 2 aromatic carbocycles. The van der Waals surface area contributed by atoms with Gasteiger partial charge in [-0.15, -0.1) is 5.10 Å². The van der Waals surface area contributed by atoms with Gasteiger partial charge in [-0.25, -0.2) is 9.89 Å². The number of nitrogens with one attached hydrogen (secondary N) is 1. The zero-order valence-electron chi connectivity index (χ0n) is 17.9. The molecule has 0 bridgehead atoms. The third kappa shape index (κ3) is 4.96. The number of anilines is 1. The molecule has 31 heavy (non-hydrogen) atoms. The molecule has 0 saturated carbocycles. The molecule has 1 heterocycles. The molecule has 0 aliphatic rings. The van der Waals surface area contributed by atoms with Gasteiger partial charge in [0.25, 0.3) is 0 Å². The Kier molecular flexibility index (Phi) is 7.12. The normalized spacial score (nSPS) is 12.0. The Morgan fingerprint density at radius 2 is 1.74 bits per heavy atom. The number of carbonyl (C=O) groups is 2. The van der Waals surface area contributed by atoms with Crippen LogP contribution in [-0.4, -0.2) is 43.6 Å². The number of hydrogen-bond acceptors (Lipinski definition) is 5. The lowest BCUT2D eigenvalue weighted by molar-refractivity contribution is -0.141. The molecule has 162 valence electrons. The molecule has 0 aliphatic carbocycles. The molecule has 0 spiro atoms. The molecule has 0 fully saturated rings. The fourth-order valence-corrected chi connectivity index (χ4v) is 3.62. The summed E-state index contributed by atoms with van der Waals surface area (Å²) in [6.07, 6.45) is 1.90. The Bertz CT molecular complexity index is 1020. The quantitative estimate of drug-likeness (QED) is 0.536. The maximum Gasteiger partial charge on any atom is 0.327 e. The highest BCUT2D eigenvalue weighted by Gasteiger charge is 2.33. The van der Waals surface area contributed by atoms with Gasteiger partial charge in [0.2, 0.25) is 5.91 Å². The molecule has 3 aromatic rings. The van der Waals surface area contributed by atoms with Gasteiger partial charge in [-0.3, -0.25) is 9.69 Å². The van der Waals surface area contributed by atoms with Gasteiger partial charge in [0.1, 0.15) is 6.04 Å². The van der Waals surface area contributed by atoms with E-state index in [0.717, 1.165) is 29.5 Å². The summed E-state index contributed by atoms with van der Waals surface area (Å²) in [6.45, 7) is 5.63. The van der Waals surface area contributed by atoms with Gasteiger partial charge >= 0.3 is 5.97 Å². The maximum atomic E-state index is 13.0. The molecule has 3 rings (SSSR count). The second kappa shape index (κ2) is 9.97. The summed E-state index contributed by atoms with van der Waals surface area (Å²) in [5.41, 5.74) is 3.26. The van der Waals surface area contributed by atoms with Gasteiger partial charge in [0.05, 0.1) is 0 Å². The highest BCUT2D eigenvalue weighted by atomic mass is 16.4. The number of carboxylic acid groups (broad SMARTS) is 1. The first-order chi connectivity index (χ1) is 14.9. The van der Waals surface area contributed by atoms with E-state index in [0.29, 0.717) is 17.9 Å². The van der Waals surface area contributed by atoms with Gasteiger partial charge in [-0.05, 0) is 46.0 Å². The second-order valence-electron chi connectivity index (χ2n) is 7.74.